The van der Waals surface area contributed by atoms with Gasteiger partial charge in [0.2, 0.25) is 0 Å². The molecule has 0 aliphatic carbocycles. The number of nitrogens with one attached hydrogen (secondary N) is 1. The molecule has 1 aliphatic rings. The molecule has 0 saturated heterocycles. The largest absolute Gasteiger partial charge is 0.490 e. The van der Waals surface area contributed by atoms with Crippen LogP contribution in [0.3, 0.4) is 0 Å². The van der Waals surface area contributed by atoms with Crippen molar-refractivity contribution in [2.45, 2.75) is 18.9 Å². The summed E-state index contributed by atoms with van der Waals surface area (Å²) in [5.41, 5.74) is 0.973. The van der Waals surface area contributed by atoms with Crippen molar-refractivity contribution in [2.75, 3.05) is 20.3 Å². The fraction of sp³-hybridized carbons (Fsp3) is 0.300. The van der Waals surface area contributed by atoms with Crippen molar-refractivity contribution in [1.82, 2.24) is 5.32 Å². The molecule has 1 N–H and O–H groups in total. The first-order valence-corrected chi connectivity index (χ1v) is 8.59. The third kappa shape index (κ3) is 4.75. The monoisotopic (exact) mass is 373 g/mol. The summed E-state index contributed by atoms with van der Waals surface area (Å²) >= 11 is 0. The molecule has 2 aromatic rings. The topological polar surface area (TPSA) is 73.9 Å². The first-order chi connectivity index (χ1) is 13.1. The molecule has 0 radical (unpaired) electrons. The molecular weight excluding hydrogens is 353 g/mol. The number of hydrogen-bond acceptors (Lipinski definition) is 5. The van der Waals surface area contributed by atoms with Crippen molar-refractivity contribution >= 4 is 11.9 Å². The zero-order valence-corrected chi connectivity index (χ0v) is 14.9. The minimum atomic E-state index is -0.651. The second-order valence-corrected chi connectivity index (χ2v) is 6.07. The van der Waals surface area contributed by atoms with E-state index in [9.17, 15) is 14.0 Å². The number of halogens is 1. The molecule has 6 nitrogen and oxygen atoms in total. The number of fused-ring (bicyclic) bond motifs is 1. The predicted octanol–water partition coefficient (Wildman–Crippen LogP) is 3.02. The van der Waals surface area contributed by atoms with Crippen molar-refractivity contribution in [3.05, 3.63) is 59.4 Å². The lowest BCUT2D eigenvalue weighted by Crippen LogP contribution is -2.30. The van der Waals surface area contributed by atoms with Crippen molar-refractivity contribution in [3.8, 4) is 11.5 Å². The molecule has 0 fully saturated rings. The number of hydrogen-bond donors (Lipinski definition) is 1. The van der Waals surface area contributed by atoms with Crippen LogP contribution >= 0.6 is 0 Å². The summed E-state index contributed by atoms with van der Waals surface area (Å²) < 4.78 is 29.1. The number of esters is 1. The van der Waals surface area contributed by atoms with Crippen LogP contribution in [0.15, 0.2) is 42.5 Å². The van der Waals surface area contributed by atoms with Gasteiger partial charge in [-0.3, -0.25) is 9.59 Å². The van der Waals surface area contributed by atoms with E-state index in [0.29, 0.717) is 35.8 Å². The SMILES string of the molecule is COC(=O)CC(NC(=O)c1ccc2c(c1)OCCCO2)c1ccc(F)cc1. The Balaban J connectivity index is 1.80. The Morgan fingerprint density at radius 2 is 1.81 bits per heavy atom. The van der Waals surface area contributed by atoms with Crippen LogP contribution in [0.5, 0.6) is 11.5 Å². The molecule has 1 aliphatic heterocycles. The lowest BCUT2D eigenvalue weighted by atomic mass is 10.0. The maximum Gasteiger partial charge on any atom is 0.307 e. The van der Waals surface area contributed by atoms with Gasteiger partial charge in [-0.1, -0.05) is 12.1 Å². The molecule has 27 heavy (non-hydrogen) atoms. The number of benzene rings is 2. The lowest BCUT2D eigenvalue weighted by Gasteiger charge is -2.19. The van der Waals surface area contributed by atoms with Gasteiger partial charge in [-0.25, -0.2) is 4.39 Å². The van der Waals surface area contributed by atoms with Gasteiger partial charge in [-0.2, -0.15) is 0 Å². The van der Waals surface area contributed by atoms with Gasteiger partial charge < -0.3 is 19.5 Å². The average molecular weight is 373 g/mol. The van der Waals surface area contributed by atoms with Crippen molar-refractivity contribution < 1.29 is 28.2 Å². The van der Waals surface area contributed by atoms with Crippen LogP contribution in [-0.4, -0.2) is 32.2 Å². The summed E-state index contributed by atoms with van der Waals surface area (Å²) in [5, 5.41) is 2.80. The summed E-state index contributed by atoms with van der Waals surface area (Å²) in [6.45, 7) is 1.07. The van der Waals surface area contributed by atoms with Gasteiger partial charge in [0.05, 0.1) is 32.8 Å². The Morgan fingerprint density at radius 1 is 1.11 bits per heavy atom. The van der Waals surface area contributed by atoms with E-state index in [1.807, 2.05) is 0 Å². The molecular formula is C20H20FNO5. The van der Waals surface area contributed by atoms with Crippen molar-refractivity contribution in [3.63, 3.8) is 0 Å². The number of carbonyl (C=O) groups is 2. The molecule has 0 bridgehead atoms. The maximum absolute atomic E-state index is 13.2. The van der Waals surface area contributed by atoms with Crippen LogP contribution in [-0.2, 0) is 9.53 Å². The molecule has 1 heterocycles. The molecule has 3 rings (SSSR count). The highest BCUT2D eigenvalue weighted by atomic mass is 19.1. The highest BCUT2D eigenvalue weighted by Gasteiger charge is 2.21. The normalized spacial score (nSPS) is 14.0. The second-order valence-electron chi connectivity index (χ2n) is 6.07. The van der Waals surface area contributed by atoms with E-state index in [0.717, 1.165) is 6.42 Å². The third-order valence-corrected chi connectivity index (χ3v) is 4.19. The molecule has 0 spiro atoms. The number of methoxy groups -OCH3 is 1. The Labute approximate surface area is 156 Å². The van der Waals surface area contributed by atoms with Crippen LogP contribution in [0.1, 0.15) is 34.8 Å². The van der Waals surface area contributed by atoms with E-state index in [1.165, 1.54) is 31.4 Å². The third-order valence-electron chi connectivity index (χ3n) is 4.19. The highest BCUT2D eigenvalue weighted by Crippen LogP contribution is 2.30. The van der Waals surface area contributed by atoms with Gasteiger partial charge in [-0.15, -0.1) is 0 Å². The van der Waals surface area contributed by atoms with Crippen molar-refractivity contribution in [2.24, 2.45) is 0 Å². The van der Waals surface area contributed by atoms with Gasteiger partial charge in [-0.05, 0) is 35.9 Å². The summed E-state index contributed by atoms with van der Waals surface area (Å²) in [6.07, 6.45) is 0.695. The van der Waals surface area contributed by atoms with Crippen LogP contribution in [0, 0.1) is 5.82 Å². The van der Waals surface area contributed by atoms with Crippen LogP contribution < -0.4 is 14.8 Å². The number of ether oxygens (including phenoxy) is 3. The molecule has 1 amide bonds. The molecule has 1 unspecified atom stereocenters. The number of carbonyl (C=O) groups excluding carboxylic acids is 2. The van der Waals surface area contributed by atoms with Gasteiger partial charge in [0.15, 0.2) is 11.5 Å². The van der Waals surface area contributed by atoms with Crippen molar-refractivity contribution in [1.29, 1.82) is 0 Å². The summed E-state index contributed by atoms with van der Waals surface area (Å²) in [5.74, 6) is -0.169. The van der Waals surface area contributed by atoms with Gasteiger partial charge >= 0.3 is 5.97 Å². The smallest absolute Gasteiger partial charge is 0.307 e. The van der Waals surface area contributed by atoms with Gasteiger partial charge in [0, 0.05) is 12.0 Å². The first kappa shape index (κ1) is 18.7. The average Bonchev–Trinajstić information content (AvgIpc) is 2.92. The molecule has 142 valence electrons. The highest BCUT2D eigenvalue weighted by molar-refractivity contribution is 5.95. The maximum atomic E-state index is 13.2. The van der Waals surface area contributed by atoms with Crippen LogP contribution in [0.4, 0.5) is 4.39 Å². The van der Waals surface area contributed by atoms with E-state index in [2.05, 4.69) is 5.32 Å². The lowest BCUT2D eigenvalue weighted by molar-refractivity contribution is -0.141. The molecule has 0 saturated carbocycles. The molecule has 7 heteroatoms. The van der Waals surface area contributed by atoms with E-state index in [1.54, 1.807) is 18.2 Å². The Morgan fingerprint density at radius 3 is 2.52 bits per heavy atom. The summed E-state index contributed by atoms with van der Waals surface area (Å²) in [4.78, 5) is 24.4. The fourth-order valence-corrected chi connectivity index (χ4v) is 2.74. The quantitative estimate of drug-likeness (QED) is 0.816. The van der Waals surface area contributed by atoms with E-state index < -0.39 is 17.8 Å². The molecule has 0 aromatic heterocycles. The zero-order chi connectivity index (χ0) is 19.2. The minimum absolute atomic E-state index is 0.0710. The van der Waals surface area contributed by atoms with Gasteiger partial charge in [0.1, 0.15) is 5.82 Å². The fourth-order valence-electron chi connectivity index (χ4n) is 2.74. The van der Waals surface area contributed by atoms with E-state index in [4.69, 9.17) is 14.2 Å². The van der Waals surface area contributed by atoms with Crippen LogP contribution in [0.2, 0.25) is 0 Å². The first-order valence-electron chi connectivity index (χ1n) is 8.59. The molecule has 2 aromatic carbocycles. The van der Waals surface area contributed by atoms with E-state index in [-0.39, 0.29) is 12.3 Å². The predicted molar refractivity (Wildman–Crippen MR) is 95.3 cm³/mol. The summed E-state index contributed by atoms with van der Waals surface area (Å²) in [7, 11) is 1.27. The molecule has 1 atom stereocenters. The van der Waals surface area contributed by atoms with E-state index >= 15 is 0 Å². The summed E-state index contributed by atoms with van der Waals surface area (Å²) in [6, 6.07) is 9.87. The second kappa shape index (κ2) is 8.53. The standard InChI is InChI=1S/C20H20FNO5/c1-25-19(23)12-16(13-3-6-15(21)7-4-13)22-20(24)14-5-8-17-18(11-14)27-10-2-9-26-17/h3-8,11,16H,2,9-10,12H2,1H3,(H,22,24). The Bertz CT molecular complexity index is 822. The van der Waals surface area contributed by atoms with Gasteiger partial charge in [0.25, 0.3) is 5.91 Å². The number of amides is 1. The zero-order valence-electron chi connectivity index (χ0n) is 14.9. The van der Waals surface area contributed by atoms with Crippen LogP contribution in [0.25, 0.3) is 0 Å². The number of rotatable bonds is 5. The minimum Gasteiger partial charge on any atom is -0.490 e. The Hall–Kier alpha value is -3.09. The Kier molecular flexibility index (Phi) is 5.90.